The van der Waals surface area contributed by atoms with E-state index in [-0.39, 0.29) is 0 Å². The van der Waals surface area contributed by atoms with Crippen LogP contribution in [0.4, 0.5) is 5.69 Å². The number of imidazole rings is 1. The monoisotopic (exact) mass is 237 g/mol. The van der Waals surface area contributed by atoms with Crippen molar-refractivity contribution in [2.24, 2.45) is 0 Å². The van der Waals surface area contributed by atoms with Gasteiger partial charge in [0.1, 0.15) is 5.82 Å². The molecule has 3 rings (SSSR count). The molecule has 0 bridgehead atoms. The summed E-state index contributed by atoms with van der Waals surface area (Å²) in [7, 11) is 0. The number of aromatic nitrogens is 2. The van der Waals surface area contributed by atoms with Gasteiger partial charge >= 0.3 is 0 Å². The number of hydrogen-bond donors (Lipinski definition) is 1. The zero-order chi connectivity index (χ0) is 12.7. The minimum Gasteiger partial charge on any atom is -0.398 e. The number of fused-ring (bicyclic) bond motifs is 1. The number of aryl methyl sites for hydroxylation is 2. The Morgan fingerprint density at radius 3 is 2.72 bits per heavy atom. The topological polar surface area (TPSA) is 43.3 Å². The average Bonchev–Trinajstić information content (AvgIpc) is 2.71. The Morgan fingerprint density at radius 1 is 1.11 bits per heavy atom. The van der Waals surface area contributed by atoms with Crippen molar-refractivity contribution in [3.63, 3.8) is 0 Å². The van der Waals surface area contributed by atoms with Gasteiger partial charge in [-0.3, -0.25) is 4.40 Å². The first kappa shape index (κ1) is 10.8. The van der Waals surface area contributed by atoms with Gasteiger partial charge in [-0.2, -0.15) is 0 Å². The van der Waals surface area contributed by atoms with E-state index in [0.717, 1.165) is 33.8 Å². The highest BCUT2D eigenvalue weighted by Gasteiger charge is 2.09. The highest BCUT2D eigenvalue weighted by atomic mass is 15.0. The van der Waals surface area contributed by atoms with Crippen LogP contribution >= 0.6 is 0 Å². The molecule has 0 aliphatic heterocycles. The summed E-state index contributed by atoms with van der Waals surface area (Å²) in [5.74, 6) is 0.940. The third-order valence-corrected chi connectivity index (χ3v) is 3.27. The number of rotatable bonds is 1. The second-order valence-corrected chi connectivity index (χ2v) is 4.55. The van der Waals surface area contributed by atoms with Crippen molar-refractivity contribution in [3.8, 4) is 11.4 Å². The minimum atomic E-state index is 0.804. The Kier molecular flexibility index (Phi) is 2.33. The molecule has 0 saturated carbocycles. The van der Waals surface area contributed by atoms with Crippen LogP contribution in [0, 0.1) is 13.8 Å². The van der Waals surface area contributed by atoms with Crippen LogP contribution in [0.5, 0.6) is 0 Å². The maximum Gasteiger partial charge on any atom is 0.144 e. The van der Waals surface area contributed by atoms with Crippen molar-refractivity contribution in [3.05, 3.63) is 53.9 Å². The fourth-order valence-corrected chi connectivity index (χ4v) is 2.18. The van der Waals surface area contributed by atoms with Crippen LogP contribution < -0.4 is 5.73 Å². The highest BCUT2D eigenvalue weighted by molar-refractivity contribution is 5.69. The number of pyridine rings is 1. The molecule has 0 saturated heterocycles. The third kappa shape index (κ3) is 1.56. The van der Waals surface area contributed by atoms with E-state index >= 15 is 0 Å². The number of benzene rings is 1. The molecule has 0 aliphatic carbocycles. The van der Waals surface area contributed by atoms with Crippen LogP contribution in [0.3, 0.4) is 0 Å². The van der Waals surface area contributed by atoms with E-state index in [1.54, 1.807) is 0 Å². The molecule has 0 fully saturated rings. The molecule has 2 aromatic heterocycles. The summed E-state index contributed by atoms with van der Waals surface area (Å²) in [5.41, 5.74) is 11.1. The first-order chi connectivity index (χ1) is 8.66. The van der Waals surface area contributed by atoms with E-state index in [0.29, 0.717) is 0 Å². The Balaban J connectivity index is 2.28. The Morgan fingerprint density at radius 2 is 1.94 bits per heavy atom. The molecule has 3 heteroatoms. The molecule has 18 heavy (non-hydrogen) atoms. The molecule has 2 N–H and O–H groups in total. The normalized spacial score (nSPS) is 11.0. The number of nitrogen functional groups attached to an aromatic ring is 1. The molecule has 0 aliphatic rings. The summed E-state index contributed by atoms with van der Waals surface area (Å²) in [6.07, 6.45) is 2.03. The van der Waals surface area contributed by atoms with Crippen molar-refractivity contribution in [1.29, 1.82) is 0 Å². The first-order valence-electron chi connectivity index (χ1n) is 5.97. The third-order valence-electron chi connectivity index (χ3n) is 3.27. The van der Waals surface area contributed by atoms with Gasteiger partial charge in [-0.1, -0.05) is 18.2 Å². The summed E-state index contributed by atoms with van der Waals surface area (Å²) in [5, 5.41) is 0. The number of nitrogens with zero attached hydrogens (tertiary/aromatic N) is 2. The van der Waals surface area contributed by atoms with Gasteiger partial charge in [-0.15, -0.1) is 0 Å². The summed E-state index contributed by atoms with van der Waals surface area (Å²) in [6, 6.07) is 12.2. The standard InChI is InChI=1S/C15H15N3/c1-10-6-7-12(9-13(10)16)15-17-11(2)14-5-3-4-8-18(14)15/h3-9H,16H2,1-2H3. The van der Waals surface area contributed by atoms with Gasteiger partial charge in [0, 0.05) is 17.4 Å². The van der Waals surface area contributed by atoms with Gasteiger partial charge in [0.25, 0.3) is 0 Å². The fraction of sp³-hybridized carbons (Fsp3) is 0.133. The maximum absolute atomic E-state index is 5.97. The summed E-state index contributed by atoms with van der Waals surface area (Å²) < 4.78 is 2.10. The highest BCUT2D eigenvalue weighted by Crippen LogP contribution is 2.25. The van der Waals surface area contributed by atoms with Crippen molar-refractivity contribution in [2.45, 2.75) is 13.8 Å². The molecule has 3 aromatic rings. The molecule has 0 amide bonds. The lowest BCUT2D eigenvalue weighted by Gasteiger charge is -2.04. The van der Waals surface area contributed by atoms with E-state index < -0.39 is 0 Å². The quantitative estimate of drug-likeness (QED) is 0.660. The fourth-order valence-electron chi connectivity index (χ4n) is 2.18. The molecule has 0 spiro atoms. The van der Waals surface area contributed by atoms with E-state index in [1.165, 1.54) is 0 Å². The largest absolute Gasteiger partial charge is 0.398 e. The summed E-state index contributed by atoms with van der Waals surface area (Å²) in [4.78, 5) is 4.64. The lowest BCUT2D eigenvalue weighted by molar-refractivity contribution is 1.16. The number of hydrogen-bond acceptors (Lipinski definition) is 2. The van der Waals surface area contributed by atoms with Crippen molar-refractivity contribution in [2.75, 3.05) is 5.73 Å². The van der Waals surface area contributed by atoms with Gasteiger partial charge in [0.15, 0.2) is 0 Å². The van der Waals surface area contributed by atoms with Crippen LogP contribution in [0.25, 0.3) is 16.9 Å². The predicted molar refractivity (Wildman–Crippen MR) is 74.5 cm³/mol. The Hall–Kier alpha value is -2.29. The maximum atomic E-state index is 5.97. The van der Waals surface area contributed by atoms with E-state index in [4.69, 9.17) is 5.73 Å². The smallest absolute Gasteiger partial charge is 0.144 e. The van der Waals surface area contributed by atoms with Crippen molar-refractivity contribution in [1.82, 2.24) is 9.38 Å². The number of nitrogens with two attached hydrogens (primary N) is 1. The molecule has 2 heterocycles. The number of anilines is 1. The second-order valence-electron chi connectivity index (χ2n) is 4.55. The Bertz CT molecular complexity index is 726. The average molecular weight is 237 g/mol. The van der Waals surface area contributed by atoms with Gasteiger partial charge in [-0.25, -0.2) is 4.98 Å². The molecule has 0 unspecified atom stereocenters. The molecular weight excluding hydrogens is 222 g/mol. The SMILES string of the molecule is Cc1ccc(-c2nc(C)c3ccccn23)cc1N. The minimum absolute atomic E-state index is 0.804. The van der Waals surface area contributed by atoms with E-state index in [2.05, 4.69) is 21.5 Å². The van der Waals surface area contributed by atoms with Crippen LogP contribution in [0.15, 0.2) is 42.6 Å². The first-order valence-corrected chi connectivity index (χ1v) is 5.97. The van der Waals surface area contributed by atoms with E-state index in [1.807, 2.05) is 44.3 Å². The summed E-state index contributed by atoms with van der Waals surface area (Å²) >= 11 is 0. The van der Waals surface area contributed by atoms with Gasteiger partial charge in [-0.05, 0) is 37.6 Å². The van der Waals surface area contributed by atoms with Crippen molar-refractivity contribution >= 4 is 11.2 Å². The zero-order valence-corrected chi connectivity index (χ0v) is 10.5. The van der Waals surface area contributed by atoms with Gasteiger partial charge in [0.2, 0.25) is 0 Å². The molecule has 90 valence electrons. The van der Waals surface area contributed by atoms with Crippen LogP contribution in [0.1, 0.15) is 11.3 Å². The van der Waals surface area contributed by atoms with Gasteiger partial charge in [0.05, 0.1) is 11.2 Å². The second kappa shape index (κ2) is 3.88. The predicted octanol–water partition coefficient (Wildman–Crippen LogP) is 3.20. The lowest BCUT2D eigenvalue weighted by atomic mass is 10.1. The van der Waals surface area contributed by atoms with Gasteiger partial charge < -0.3 is 5.73 Å². The Labute approximate surface area is 106 Å². The molecule has 0 atom stereocenters. The molecule has 0 radical (unpaired) electrons. The van der Waals surface area contributed by atoms with Crippen LogP contribution in [0.2, 0.25) is 0 Å². The zero-order valence-electron chi connectivity index (χ0n) is 10.5. The summed E-state index contributed by atoms with van der Waals surface area (Å²) in [6.45, 7) is 4.03. The lowest BCUT2D eigenvalue weighted by Crippen LogP contribution is -1.93. The molecular formula is C15H15N3. The van der Waals surface area contributed by atoms with Crippen LogP contribution in [-0.4, -0.2) is 9.38 Å². The molecule has 3 nitrogen and oxygen atoms in total. The van der Waals surface area contributed by atoms with Crippen molar-refractivity contribution < 1.29 is 0 Å². The van der Waals surface area contributed by atoms with Crippen LogP contribution in [-0.2, 0) is 0 Å². The molecule has 1 aromatic carbocycles. The van der Waals surface area contributed by atoms with E-state index in [9.17, 15) is 0 Å².